The molecule has 3 aromatic carbocycles. The van der Waals surface area contributed by atoms with E-state index in [9.17, 15) is 19.2 Å². The lowest BCUT2D eigenvalue weighted by molar-refractivity contribution is -0.150. The van der Waals surface area contributed by atoms with E-state index in [0.717, 1.165) is 22.4 Å². The van der Waals surface area contributed by atoms with Gasteiger partial charge in [-0.3, -0.25) is 9.69 Å². The molecule has 0 aromatic heterocycles. The highest BCUT2D eigenvalue weighted by Crippen LogP contribution is 2.26. The summed E-state index contributed by atoms with van der Waals surface area (Å²) < 4.78 is 16.3. The molecule has 4 rings (SSSR count). The number of likely N-dealkylation sites (tertiary alicyclic amines) is 1. The van der Waals surface area contributed by atoms with Crippen molar-refractivity contribution in [3.05, 3.63) is 107 Å². The summed E-state index contributed by atoms with van der Waals surface area (Å²) in [6, 6.07) is 23.9. The Morgan fingerprint density at radius 1 is 0.829 bits per heavy atom. The fourth-order valence-electron chi connectivity index (χ4n) is 4.72. The SMILES string of the molecule is CC(C)Cc1ccc(C(C)C(=O)O[C@@H]2C[C@@H](C(=O)OC(=O)c3ccccc3)N(C(=O)OCc3ccccc3)C2)cc1. The van der Waals surface area contributed by atoms with Crippen molar-refractivity contribution in [2.24, 2.45) is 5.92 Å². The maximum Gasteiger partial charge on any atom is 0.410 e. The standard InChI is InChI=1S/C33H35NO7/c1-22(2)18-24-14-16-26(17-15-24)23(3)30(35)40-28-19-29(32(37)41-31(36)27-12-8-5-9-13-27)34(20-28)33(38)39-21-25-10-6-4-7-11-25/h4-17,22-23,28-29H,18-21H2,1-3H3/t23?,28-,29+/m1/s1. The molecular formula is C33H35NO7. The van der Waals surface area contributed by atoms with Crippen LogP contribution in [0.3, 0.4) is 0 Å². The van der Waals surface area contributed by atoms with Crippen molar-refractivity contribution in [1.82, 2.24) is 4.90 Å². The monoisotopic (exact) mass is 557 g/mol. The van der Waals surface area contributed by atoms with Crippen LogP contribution in [0.15, 0.2) is 84.9 Å². The van der Waals surface area contributed by atoms with Crippen LogP contribution >= 0.6 is 0 Å². The summed E-state index contributed by atoms with van der Waals surface area (Å²) >= 11 is 0. The minimum Gasteiger partial charge on any atom is -0.460 e. The third kappa shape index (κ3) is 8.03. The molecule has 1 unspecified atom stereocenters. The van der Waals surface area contributed by atoms with E-state index in [4.69, 9.17) is 14.2 Å². The molecule has 0 N–H and O–H groups in total. The van der Waals surface area contributed by atoms with Crippen molar-refractivity contribution in [3.8, 4) is 0 Å². The van der Waals surface area contributed by atoms with Crippen LogP contribution in [-0.2, 0) is 36.8 Å². The fourth-order valence-corrected chi connectivity index (χ4v) is 4.72. The molecule has 3 atom stereocenters. The zero-order valence-corrected chi connectivity index (χ0v) is 23.5. The van der Waals surface area contributed by atoms with Crippen molar-refractivity contribution in [2.75, 3.05) is 6.54 Å². The Bertz CT molecular complexity index is 1340. The van der Waals surface area contributed by atoms with Crippen molar-refractivity contribution in [3.63, 3.8) is 0 Å². The molecule has 0 saturated carbocycles. The summed E-state index contributed by atoms with van der Waals surface area (Å²) in [6.45, 7) is 5.98. The zero-order valence-electron chi connectivity index (χ0n) is 23.5. The van der Waals surface area contributed by atoms with Crippen LogP contribution in [0, 0.1) is 5.92 Å². The van der Waals surface area contributed by atoms with E-state index >= 15 is 0 Å². The van der Waals surface area contributed by atoms with E-state index in [1.807, 2.05) is 54.6 Å². The van der Waals surface area contributed by atoms with Crippen LogP contribution in [0.2, 0.25) is 0 Å². The number of ether oxygens (including phenoxy) is 3. The molecule has 3 aromatic rings. The molecule has 1 fully saturated rings. The number of amides is 1. The molecule has 0 bridgehead atoms. The van der Waals surface area contributed by atoms with E-state index in [1.54, 1.807) is 25.1 Å². The van der Waals surface area contributed by atoms with Crippen molar-refractivity contribution in [2.45, 2.75) is 58.3 Å². The van der Waals surface area contributed by atoms with Gasteiger partial charge in [0.2, 0.25) is 0 Å². The number of carbonyl (C=O) groups is 4. The van der Waals surface area contributed by atoms with Crippen LogP contribution in [0.5, 0.6) is 0 Å². The Kier molecular flexibility index (Phi) is 9.90. The highest BCUT2D eigenvalue weighted by molar-refractivity contribution is 5.98. The van der Waals surface area contributed by atoms with Gasteiger partial charge in [-0.05, 0) is 48.1 Å². The highest BCUT2D eigenvalue weighted by Gasteiger charge is 2.44. The summed E-state index contributed by atoms with van der Waals surface area (Å²) in [5, 5.41) is 0. The average Bonchev–Trinajstić information content (AvgIpc) is 3.40. The van der Waals surface area contributed by atoms with Gasteiger partial charge >= 0.3 is 24.0 Å². The zero-order chi connectivity index (χ0) is 29.4. The smallest absolute Gasteiger partial charge is 0.410 e. The molecule has 1 aliphatic heterocycles. The molecular weight excluding hydrogens is 522 g/mol. The molecule has 1 saturated heterocycles. The van der Waals surface area contributed by atoms with Crippen LogP contribution in [0.4, 0.5) is 4.79 Å². The highest BCUT2D eigenvalue weighted by atomic mass is 16.6. The molecule has 8 nitrogen and oxygen atoms in total. The van der Waals surface area contributed by atoms with Gasteiger partial charge in [0.25, 0.3) is 0 Å². The minimum atomic E-state index is -1.16. The average molecular weight is 558 g/mol. The fraction of sp³-hybridized carbons (Fsp3) is 0.333. The van der Waals surface area contributed by atoms with Crippen molar-refractivity contribution in [1.29, 1.82) is 0 Å². The summed E-state index contributed by atoms with van der Waals surface area (Å²) in [7, 11) is 0. The van der Waals surface area contributed by atoms with Gasteiger partial charge in [-0.15, -0.1) is 0 Å². The molecule has 1 heterocycles. The minimum absolute atomic E-state index is 0.00478. The van der Waals surface area contributed by atoms with Crippen LogP contribution < -0.4 is 0 Å². The normalized spacial score (nSPS) is 17.1. The number of hydrogen-bond donors (Lipinski definition) is 0. The second-order valence-corrected chi connectivity index (χ2v) is 10.6. The van der Waals surface area contributed by atoms with Gasteiger partial charge in [-0.25, -0.2) is 14.4 Å². The first-order valence-corrected chi connectivity index (χ1v) is 13.8. The second kappa shape index (κ2) is 13.7. The first-order valence-electron chi connectivity index (χ1n) is 13.8. The Hall–Kier alpha value is -4.46. The number of rotatable bonds is 9. The van der Waals surface area contributed by atoms with Gasteiger partial charge in [-0.1, -0.05) is 86.6 Å². The van der Waals surface area contributed by atoms with E-state index in [1.165, 1.54) is 17.7 Å². The molecule has 1 aliphatic rings. The summed E-state index contributed by atoms with van der Waals surface area (Å²) in [6.07, 6.45) is -0.622. The maximum absolute atomic E-state index is 13.1. The Labute approximate surface area is 240 Å². The summed E-state index contributed by atoms with van der Waals surface area (Å²) in [4.78, 5) is 52.9. The van der Waals surface area contributed by atoms with Gasteiger partial charge in [-0.2, -0.15) is 0 Å². The predicted octanol–water partition coefficient (Wildman–Crippen LogP) is 5.70. The van der Waals surface area contributed by atoms with Crippen molar-refractivity contribution >= 4 is 24.0 Å². The summed E-state index contributed by atoms with van der Waals surface area (Å²) in [5.41, 5.74) is 2.98. The topological polar surface area (TPSA) is 99.2 Å². The van der Waals surface area contributed by atoms with Crippen molar-refractivity contribution < 1.29 is 33.4 Å². The lowest BCUT2D eigenvalue weighted by atomic mass is 9.97. The lowest BCUT2D eigenvalue weighted by Gasteiger charge is -2.22. The molecule has 8 heteroatoms. The second-order valence-electron chi connectivity index (χ2n) is 10.6. The van der Waals surface area contributed by atoms with Gasteiger partial charge in [0.1, 0.15) is 18.8 Å². The van der Waals surface area contributed by atoms with E-state index in [2.05, 4.69) is 13.8 Å². The number of nitrogens with zero attached hydrogens (tertiary/aromatic N) is 1. The van der Waals surface area contributed by atoms with Gasteiger partial charge in [0.05, 0.1) is 18.0 Å². The van der Waals surface area contributed by atoms with E-state index in [-0.39, 0.29) is 25.1 Å². The molecule has 1 amide bonds. The molecule has 214 valence electrons. The molecule has 0 radical (unpaired) electrons. The third-order valence-electron chi connectivity index (χ3n) is 6.94. The van der Waals surface area contributed by atoms with Gasteiger partial charge in [0, 0.05) is 6.42 Å². The Balaban J connectivity index is 1.43. The summed E-state index contributed by atoms with van der Waals surface area (Å²) in [5.74, 6) is -2.24. The maximum atomic E-state index is 13.1. The number of carbonyl (C=O) groups excluding carboxylic acids is 4. The van der Waals surface area contributed by atoms with E-state index < -0.39 is 42.1 Å². The lowest BCUT2D eigenvalue weighted by Crippen LogP contribution is -2.42. The first-order chi connectivity index (χ1) is 19.7. The predicted molar refractivity (Wildman–Crippen MR) is 152 cm³/mol. The number of hydrogen-bond acceptors (Lipinski definition) is 7. The Morgan fingerprint density at radius 3 is 2.10 bits per heavy atom. The van der Waals surface area contributed by atoms with Gasteiger partial charge in [0.15, 0.2) is 0 Å². The van der Waals surface area contributed by atoms with E-state index in [0.29, 0.717) is 5.92 Å². The largest absolute Gasteiger partial charge is 0.460 e. The molecule has 0 spiro atoms. The molecule has 0 aliphatic carbocycles. The third-order valence-corrected chi connectivity index (χ3v) is 6.94. The number of esters is 3. The van der Waals surface area contributed by atoms with Crippen LogP contribution in [0.1, 0.15) is 60.2 Å². The number of benzene rings is 3. The quantitative estimate of drug-likeness (QED) is 0.189. The molecule has 41 heavy (non-hydrogen) atoms. The Morgan fingerprint density at radius 2 is 1.46 bits per heavy atom. The van der Waals surface area contributed by atoms with Crippen LogP contribution in [0.25, 0.3) is 0 Å². The van der Waals surface area contributed by atoms with Crippen LogP contribution in [-0.4, -0.2) is 47.6 Å². The first kappa shape index (κ1) is 29.5. The van der Waals surface area contributed by atoms with Gasteiger partial charge < -0.3 is 14.2 Å².